The minimum atomic E-state index is -4.01. The van der Waals surface area contributed by atoms with E-state index in [-0.39, 0.29) is 12.5 Å². The highest BCUT2D eigenvalue weighted by molar-refractivity contribution is 7.90. The number of nitrogens with zero attached hydrogens (tertiary/aromatic N) is 3. The lowest BCUT2D eigenvalue weighted by molar-refractivity contribution is -0.140. The molecule has 0 saturated carbocycles. The largest absolute Gasteiger partial charge is 0.354 e. The second-order valence-corrected chi connectivity index (χ2v) is 11.3. The average Bonchev–Trinajstić information content (AvgIpc) is 2.84. The van der Waals surface area contributed by atoms with Gasteiger partial charge >= 0.3 is 10.2 Å². The molecule has 1 N–H and O–H groups in total. The van der Waals surface area contributed by atoms with Gasteiger partial charge < -0.3 is 10.2 Å². The van der Waals surface area contributed by atoms with Gasteiger partial charge in [0.2, 0.25) is 11.8 Å². The fourth-order valence-corrected chi connectivity index (χ4v) is 5.16. The van der Waals surface area contributed by atoms with Crippen LogP contribution in [0.1, 0.15) is 38.7 Å². The number of rotatable bonds is 13. The highest BCUT2D eigenvalue weighted by atomic mass is 35.5. The van der Waals surface area contributed by atoms with Crippen molar-refractivity contribution in [2.45, 2.75) is 45.7 Å². The van der Waals surface area contributed by atoms with Crippen LogP contribution in [0.15, 0.2) is 48.5 Å². The van der Waals surface area contributed by atoms with Gasteiger partial charge in [-0.15, -0.1) is 0 Å². The van der Waals surface area contributed by atoms with Crippen LogP contribution in [0, 0.1) is 0 Å². The third-order valence-corrected chi connectivity index (χ3v) is 8.20. The van der Waals surface area contributed by atoms with Gasteiger partial charge in [-0.25, -0.2) is 4.31 Å². The van der Waals surface area contributed by atoms with E-state index in [1.165, 1.54) is 19.0 Å². The van der Waals surface area contributed by atoms with Gasteiger partial charge in [0.15, 0.2) is 0 Å². The van der Waals surface area contributed by atoms with E-state index < -0.39 is 28.7 Å². The molecule has 0 heterocycles. The molecule has 0 saturated heterocycles. The van der Waals surface area contributed by atoms with E-state index in [0.717, 1.165) is 21.5 Å². The lowest BCUT2D eigenvalue weighted by Gasteiger charge is -2.34. The number of amides is 2. The zero-order valence-electron chi connectivity index (χ0n) is 21.1. The van der Waals surface area contributed by atoms with Crippen LogP contribution < -0.4 is 9.62 Å². The quantitative estimate of drug-likeness (QED) is 0.372. The second kappa shape index (κ2) is 13.8. The molecule has 0 aliphatic carbocycles. The van der Waals surface area contributed by atoms with Crippen LogP contribution in [0.25, 0.3) is 0 Å². The summed E-state index contributed by atoms with van der Waals surface area (Å²) in [5.74, 6) is -0.873. The SMILES string of the molecule is CCCCNC(=O)[C@@H](CC)N(Cc1c(Cl)cccc1Cl)C(=O)CN(c1ccccc1)S(=O)(=O)N(C)C. The van der Waals surface area contributed by atoms with Crippen molar-refractivity contribution in [1.29, 1.82) is 0 Å². The molecule has 198 valence electrons. The van der Waals surface area contributed by atoms with E-state index >= 15 is 0 Å². The van der Waals surface area contributed by atoms with E-state index in [9.17, 15) is 18.0 Å². The normalized spacial score (nSPS) is 12.3. The van der Waals surface area contributed by atoms with E-state index in [2.05, 4.69) is 5.32 Å². The van der Waals surface area contributed by atoms with Crippen molar-refractivity contribution in [2.24, 2.45) is 0 Å². The molecule has 2 rings (SSSR count). The van der Waals surface area contributed by atoms with Gasteiger partial charge in [0.05, 0.1) is 5.69 Å². The second-order valence-electron chi connectivity index (χ2n) is 8.42. The van der Waals surface area contributed by atoms with E-state index in [1.54, 1.807) is 55.5 Å². The zero-order valence-corrected chi connectivity index (χ0v) is 23.4. The fourth-order valence-electron chi connectivity index (χ4n) is 3.59. The number of nitrogens with one attached hydrogen (secondary N) is 1. The van der Waals surface area contributed by atoms with Crippen molar-refractivity contribution in [3.05, 3.63) is 64.1 Å². The lowest BCUT2D eigenvalue weighted by Crippen LogP contribution is -2.53. The minimum Gasteiger partial charge on any atom is -0.354 e. The van der Waals surface area contributed by atoms with Crippen LogP contribution in [-0.2, 0) is 26.3 Å². The first-order valence-corrected chi connectivity index (χ1v) is 13.9. The molecule has 0 bridgehead atoms. The van der Waals surface area contributed by atoms with Gasteiger partial charge in [-0.3, -0.25) is 9.59 Å². The summed E-state index contributed by atoms with van der Waals surface area (Å²) in [5.41, 5.74) is 0.812. The Morgan fingerprint density at radius 3 is 2.11 bits per heavy atom. The summed E-state index contributed by atoms with van der Waals surface area (Å²) in [5, 5.41) is 3.58. The van der Waals surface area contributed by atoms with Crippen molar-refractivity contribution in [2.75, 3.05) is 31.5 Å². The van der Waals surface area contributed by atoms with Crippen molar-refractivity contribution < 1.29 is 18.0 Å². The van der Waals surface area contributed by atoms with Gasteiger partial charge in [-0.05, 0) is 37.1 Å². The maximum Gasteiger partial charge on any atom is 0.304 e. The average molecular weight is 558 g/mol. The monoisotopic (exact) mass is 556 g/mol. The molecule has 0 aromatic heterocycles. The predicted octanol–water partition coefficient (Wildman–Crippen LogP) is 4.33. The Kier molecular flexibility index (Phi) is 11.5. The summed E-state index contributed by atoms with van der Waals surface area (Å²) in [7, 11) is -1.22. The van der Waals surface area contributed by atoms with Crippen LogP contribution in [-0.4, -0.2) is 62.7 Å². The number of carbonyl (C=O) groups is 2. The van der Waals surface area contributed by atoms with Crippen LogP contribution in [0.3, 0.4) is 0 Å². The van der Waals surface area contributed by atoms with Crippen molar-refractivity contribution >= 4 is 50.9 Å². The van der Waals surface area contributed by atoms with E-state index in [0.29, 0.717) is 34.3 Å². The number of anilines is 1. The molecule has 1 atom stereocenters. The number of carbonyl (C=O) groups excluding carboxylic acids is 2. The Morgan fingerprint density at radius 1 is 0.972 bits per heavy atom. The van der Waals surface area contributed by atoms with E-state index in [4.69, 9.17) is 23.2 Å². The lowest BCUT2D eigenvalue weighted by atomic mass is 10.1. The summed E-state index contributed by atoms with van der Waals surface area (Å²) >= 11 is 12.8. The van der Waals surface area contributed by atoms with Crippen LogP contribution in [0.5, 0.6) is 0 Å². The molecule has 2 amide bonds. The van der Waals surface area contributed by atoms with Gasteiger partial charge in [-0.1, -0.05) is 67.7 Å². The summed E-state index contributed by atoms with van der Waals surface area (Å²) in [4.78, 5) is 28.3. The Hall–Kier alpha value is -2.33. The molecule has 0 unspecified atom stereocenters. The topological polar surface area (TPSA) is 90.0 Å². The summed E-state index contributed by atoms with van der Waals surface area (Å²) in [6.07, 6.45) is 2.02. The minimum absolute atomic E-state index is 0.0539. The third-order valence-electron chi connectivity index (χ3n) is 5.67. The number of unbranched alkanes of at least 4 members (excludes halogenated alkanes) is 1. The Labute approximate surface area is 224 Å². The molecule has 0 aliphatic rings. The molecular formula is C25H34Cl2N4O4S. The highest BCUT2D eigenvalue weighted by Crippen LogP contribution is 2.28. The van der Waals surface area contributed by atoms with Gasteiger partial charge in [-0.2, -0.15) is 12.7 Å². The maximum absolute atomic E-state index is 13.8. The third kappa shape index (κ3) is 7.59. The molecule has 36 heavy (non-hydrogen) atoms. The number of hydrogen-bond donors (Lipinski definition) is 1. The number of hydrogen-bond acceptors (Lipinski definition) is 4. The predicted molar refractivity (Wildman–Crippen MR) is 145 cm³/mol. The van der Waals surface area contributed by atoms with Crippen LogP contribution in [0.4, 0.5) is 5.69 Å². The molecule has 8 nitrogen and oxygen atoms in total. The summed E-state index contributed by atoms with van der Waals surface area (Å²) < 4.78 is 28.4. The molecule has 0 spiro atoms. The summed E-state index contributed by atoms with van der Waals surface area (Å²) in [6.45, 7) is 3.73. The van der Waals surface area contributed by atoms with Crippen LogP contribution >= 0.6 is 23.2 Å². The molecule has 2 aromatic rings. The zero-order chi connectivity index (χ0) is 26.9. The number of para-hydroxylation sites is 1. The Morgan fingerprint density at radius 2 is 1.58 bits per heavy atom. The van der Waals surface area contributed by atoms with Gasteiger partial charge in [0, 0.05) is 42.8 Å². The first-order valence-electron chi connectivity index (χ1n) is 11.8. The first kappa shape index (κ1) is 29.9. The summed E-state index contributed by atoms with van der Waals surface area (Å²) in [6, 6.07) is 12.5. The standard InChI is InChI=1S/C25H34Cl2N4O4S/c1-5-7-16-28-25(33)23(6-2)30(17-20-21(26)14-11-15-22(20)27)24(32)18-31(36(34,35)29(3)4)19-12-9-8-10-13-19/h8-15,23H,5-7,16-18H2,1-4H3,(H,28,33)/t23-/m1/s1. The molecular weight excluding hydrogens is 523 g/mol. The molecule has 0 fully saturated rings. The van der Waals surface area contributed by atoms with Gasteiger partial charge in [0.25, 0.3) is 0 Å². The van der Waals surface area contributed by atoms with Crippen molar-refractivity contribution in [3.63, 3.8) is 0 Å². The first-order chi connectivity index (χ1) is 17.0. The molecule has 0 aliphatic heterocycles. The van der Waals surface area contributed by atoms with Crippen molar-refractivity contribution in [1.82, 2.24) is 14.5 Å². The number of benzene rings is 2. The van der Waals surface area contributed by atoms with Crippen LogP contribution in [0.2, 0.25) is 10.0 Å². The Bertz CT molecular complexity index is 1110. The number of halogens is 2. The fraction of sp³-hybridized carbons (Fsp3) is 0.440. The highest BCUT2D eigenvalue weighted by Gasteiger charge is 2.34. The van der Waals surface area contributed by atoms with E-state index in [1.807, 2.05) is 6.92 Å². The molecule has 2 aromatic carbocycles. The molecule has 0 radical (unpaired) electrons. The molecule has 11 heteroatoms. The van der Waals surface area contributed by atoms with Crippen molar-refractivity contribution in [3.8, 4) is 0 Å². The Balaban J connectivity index is 2.50. The van der Waals surface area contributed by atoms with Gasteiger partial charge in [0.1, 0.15) is 12.6 Å². The smallest absolute Gasteiger partial charge is 0.304 e. The maximum atomic E-state index is 13.8.